The molecular weight excluding hydrogens is 290 g/mol. The Hall–Kier alpha value is -2.50. The Morgan fingerprint density at radius 3 is 2.39 bits per heavy atom. The van der Waals surface area contributed by atoms with Gasteiger partial charge in [-0.15, -0.1) is 0 Å². The topological polar surface area (TPSA) is 62.2 Å². The molecule has 4 heterocycles. The van der Waals surface area contributed by atoms with Crippen LogP contribution in [0, 0.1) is 0 Å². The minimum Gasteiger partial charge on any atom is -0.364 e. The highest BCUT2D eigenvalue weighted by molar-refractivity contribution is 5.92. The first kappa shape index (κ1) is 14.1. The van der Waals surface area contributed by atoms with Crippen molar-refractivity contribution in [2.75, 3.05) is 24.5 Å². The summed E-state index contributed by atoms with van der Waals surface area (Å²) in [5.41, 5.74) is 1.82. The van der Waals surface area contributed by atoms with Crippen molar-refractivity contribution < 1.29 is 4.79 Å². The zero-order chi connectivity index (χ0) is 15.7. The molecule has 0 aromatic carbocycles. The summed E-state index contributed by atoms with van der Waals surface area (Å²) in [7, 11) is 0. The van der Waals surface area contributed by atoms with E-state index in [4.69, 9.17) is 0 Å². The first-order valence-electron chi connectivity index (χ1n) is 8.01. The van der Waals surface area contributed by atoms with Gasteiger partial charge in [0.15, 0.2) is 0 Å². The highest BCUT2D eigenvalue weighted by Gasteiger charge is 2.47. The van der Waals surface area contributed by atoms with Gasteiger partial charge in [0.1, 0.15) is 5.69 Å². The van der Waals surface area contributed by atoms with E-state index in [-0.39, 0.29) is 11.4 Å². The second kappa shape index (κ2) is 5.61. The summed E-state index contributed by atoms with van der Waals surface area (Å²) in [4.78, 5) is 29.1. The molecule has 1 spiro atoms. The van der Waals surface area contributed by atoms with Gasteiger partial charge in [-0.2, -0.15) is 0 Å². The molecule has 4 rings (SSSR count). The third-order valence-corrected chi connectivity index (χ3v) is 5.09. The van der Waals surface area contributed by atoms with Crippen molar-refractivity contribution in [2.24, 2.45) is 0 Å². The predicted octanol–water partition coefficient (Wildman–Crippen LogP) is 1.76. The van der Waals surface area contributed by atoms with Crippen molar-refractivity contribution in [3.63, 3.8) is 0 Å². The summed E-state index contributed by atoms with van der Waals surface area (Å²) < 4.78 is 0. The molecule has 23 heavy (non-hydrogen) atoms. The van der Waals surface area contributed by atoms with Crippen LogP contribution in [0.15, 0.2) is 43.1 Å². The van der Waals surface area contributed by atoms with Gasteiger partial charge in [-0.3, -0.25) is 14.8 Å². The fraction of sp³-hybridized carbons (Fsp3) is 0.412. The number of piperidine rings is 1. The molecule has 1 amide bonds. The van der Waals surface area contributed by atoms with Gasteiger partial charge in [0.25, 0.3) is 5.91 Å². The summed E-state index contributed by atoms with van der Waals surface area (Å²) in [5.74, 6) is -0.0137. The van der Waals surface area contributed by atoms with Crippen LogP contribution in [0.1, 0.15) is 29.8 Å². The molecule has 2 saturated heterocycles. The van der Waals surface area contributed by atoms with Gasteiger partial charge in [-0.1, -0.05) is 0 Å². The molecule has 2 aromatic rings. The minimum atomic E-state index is -0.0137. The van der Waals surface area contributed by atoms with Gasteiger partial charge in [-0.25, -0.2) is 4.98 Å². The van der Waals surface area contributed by atoms with E-state index in [1.165, 1.54) is 18.3 Å². The van der Waals surface area contributed by atoms with Crippen LogP contribution >= 0.6 is 0 Å². The largest absolute Gasteiger partial charge is 0.364 e. The molecule has 6 heteroatoms. The number of anilines is 1. The number of carbonyl (C=O) groups excluding carboxylic acids is 1. The molecule has 0 unspecified atom stereocenters. The van der Waals surface area contributed by atoms with Gasteiger partial charge in [0.05, 0.1) is 18.1 Å². The number of carbonyl (C=O) groups is 1. The Balaban J connectivity index is 1.44. The maximum Gasteiger partial charge on any atom is 0.274 e. The molecule has 0 atom stereocenters. The third-order valence-electron chi connectivity index (χ3n) is 5.09. The van der Waals surface area contributed by atoms with Gasteiger partial charge in [0, 0.05) is 43.8 Å². The molecule has 0 bridgehead atoms. The maximum atomic E-state index is 12.5. The van der Waals surface area contributed by atoms with E-state index in [9.17, 15) is 4.79 Å². The molecular formula is C17H19N5O. The van der Waals surface area contributed by atoms with Crippen LogP contribution in [0.4, 0.5) is 5.69 Å². The lowest BCUT2D eigenvalue weighted by Gasteiger charge is -2.57. The quantitative estimate of drug-likeness (QED) is 0.846. The lowest BCUT2D eigenvalue weighted by atomic mass is 9.76. The van der Waals surface area contributed by atoms with Gasteiger partial charge in [-0.05, 0) is 31.4 Å². The smallest absolute Gasteiger partial charge is 0.274 e. The molecule has 2 aliphatic rings. The average Bonchev–Trinajstić information content (AvgIpc) is 2.62. The monoisotopic (exact) mass is 309 g/mol. The highest BCUT2D eigenvalue weighted by Crippen LogP contribution is 2.42. The van der Waals surface area contributed by atoms with E-state index >= 15 is 0 Å². The van der Waals surface area contributed by atoms with Crippen LogP contribution in [0.2, 0.25) is 0 Å². The first-order chi connectivity index (χ1) is 11.3. The molecule has 0 aliphatic carbocycles. The van der Waals surface area contributed by atoms with E-state index in [1.807, 2.05) is 17.2 Å². The molecule has 0 N–H and O–H groups in total. The van der Waals surface area contributed by atoms with Crippen LogP contribution in [0.5, 0.6) is 0 Å². The van der Waals surface area contributed by atoms with Crippen LogP contribution < -0.4 is 4.90 Å². The van der Waals surface area contributed by atoms with Crippen molar-refractivity contribution in [3.8, 4) is 0 Å². The van der Waals surface area contributed by atoms with E-state index in [2.05, 4.69) is 25.9 Å². The van der Waals surface area contributed by atoms with Crippen LogP contribution in [-0.2, 0) is 0 Å². The SMILES string of the molecule is O=C(c1cnccn1)N1CCC2(CC1)CCN2c1cccnc1. The van der Waals surface area contributed by atoms with Gasteiger partial charge in [0.2, 0.25) is 0 Å². The normalized spacial score (nSPS) is 19.5. The summed E-state index contributed by atoms with van der Waals surface area (Å²) in [5, 5.41) is 0. The second-order valence-corrected chi connectivity index (χ2v) is 6.22. The Morgan fingerprint density at radius 2 is 1.78 bits per heavy atom. The number of rotatable bonds is 2. The standard InChI is InChI=1S/C17H19N5O/c23-16(15-13-19-7-8-20-15)21-9-3-17(4-10-21)5-11-22(17)14-2-1-6-18-12-14/h1-2,6-8,12-13H,3-5,9-11H2. The number of likely N-dealkylation sites (tertiary alicyclic amines) is 1. The van der Waals surface area contributed by atoms with E-state index in [0.717, 1.165) is 32.5 Å². The number of hydrogen-bond acceptors (Lipinski definition) is 5. The van der Waals surface area contributed by atoms with Crippen LogP contribution in [0.25, 0.3) is 0 Å². The number of nitrogens with zero attached hydrogens (tertiary/aromatic N) is 5. The lowest BCUT2D eigenvalue weighted by Crippen LogP contribution is -2.64. The lowest BCUT2D eigenvalue weighted by molar-refractivity contribution is 0.0608. The summed E-state index contributed by atoms with van der Waals surface area (Å²) in [6.07, 6.45) is 11.6. The Labute approximate surface area is 135 Å². The predicted molar refractivity (Wildman–Crippen MR) is 86.1 cm³/mol. The fourth-order valence-electron chi connectivity index (χ4n) is 3.67. The van der Waals surface area contributed by atoms with Crippen molar-refractivity contribution >= 4 is 11.6 Å². The molecule has 2 aromatic heterocycles. The first-order valence-corrected chi connectivity index (χ1v) is 8.01. The Morgan fingerprint density at radius 1 is 1.00 bits per heavy atom. The number of amides is 1. The molecule has 0 radical (unpaired) electrons. The average molecular weight is 309 g/mol. The third kappa shape index (κ3) is 2.44. The van der Waals surface area contributed by atoms with Crippen LogP contribution in [-0.4, -0.2) is 50.9 Å². The van der Waals surface area contributed by atoms with E-state index < -0.39 is 0 Å². The Bertz CT molecular complexity index is 683. The second-order valence-electron chi connectivity index (χ2n) is 6.22. The van der Waals surface area contributed by atoms with Crippen LogP contribution in [0.3, 0.4) is 0 Å². The van der Waals surface area contributed by atoms with Crippen molar-refractivity contribution in [3.05, 3.63) is 48.8 Å². The summed E-state index contributed by atoms with van der Waals surface area (Å²) in [6.45, 7) is 2.61. The fourth-order valence-corrected chi connectivity index (χ4v) is 3.67. The number of aromatic nitrogens is 3. The molecule has 2 aliphatic heterocycles. The molecule has 2 fully saturated rings. The summed E-state index contributed by atoms with van der Waals surface area (Å²) in [6, 6.07) is 4.10. The van der Waals surface area contributed by atoms with Crippen molar-refractivity contribution in [1.82, 2.24) is 19.9 Å². The number of pyridine rings is 1. The van der Waals surface area contributed by atoms with Gasteiger partial charge < -0.3 is 9.80 Å². The minimum absolute atomic E-state index is 0.0137. The number of hydrogen-bond donors (Lipinski definition) is 0. The molecule has 6 nitrogen and oxygen atoms in total. The Kier molecular flexibility index (Phi) is 3.44. The molecule has 118 valence electrons. The maximum absolute atomic E-state index is 12.5. The van der Waals surface area contributed by atoms with E-state index in [1.54, 1.807) is 18.6 Å². The van der Waals surface area contributed by atoms with Gasteiger partial charge >= 0.3 is 0 Å². The molecule has 0 saturated carbocycles. The summed E-state index contributed by atoms with van der Waals surface area (Å²) >= 11 is 0. The zero-order valence-corrected chi connectivity index (χ0v) is 12.9. The van der Waals surface area contributed by atoms with Crippen molar-refractivity contribution in [1.29, 1.82) is 0 Å². The zero-order valence-electron chi connectivity index (χ0n) is 12.9. The van der Waals surface area contributed by atoms with E-state index in [0.29, 0.717) is 5.69 Å². The highest BCUT2D eigenvalue weighted by atomic mass is 16.2. The van der Waals surface area contributed by atoms with Crippen molar-refractivity contribution in [2.45, 2.75) is 24.8 Å².